The van der Waals surface area contributed by atoms with E-state index in [0.29, 0.717) is 23.0 Å². The van der Waals surface area contributed by atoms with Crippen LogP contribution >= 0.6 is 11.6 Å². The molecule has 0 fully saturated rings. The first-order valence-corrected chi connectivity index (χ1v) is 8.36. The number of aryl methyl sites for hydroxylation is 2. The van der Waals surface area contributed by atoms with Crippen molar-refractivity contribution in [2.75, 3.05) is 0 Å². The van der Waals surface area contributed by atoms with E-state index in [2.05, 4.69) is 22.6 Å². The highest BCUT2D eigenvalue weighted by Crippen LogP contribution is 2.17. The van der Waals surface area contributed by atoms with Gasteiger partial charge in [-0.25, -0.2) is 4.68 Å². The zero-order valence-corrected chi connectivity index (χ0v) is 15.1. The molecule has 0 atom stereocenters. The number of rotatable bonds is 4. The molecule has 0 spiro atoms. The van der Waals surface area contributed by atoms with Gasteiger partial charge in [0, 0.05) is 11.6 Å². The SMILES string of the molecule is Cc1ccc(-n2nnc(C(=O)NCc3ccccc3Cl)c2C)cc1C. The van der Waals surface area contributed by atoms with E-state index in [9.17, 15) is 4.79 Å². The Labute approximate surface area is 151 Å². The van der Waals surface area contributed by atoms with Gasteiger partial charge in [0.15, 0.2) is 5.69 Å². The molecule has 0 unspecified atom stereocenters. The molecular formula is C19H19ClN4O. The van der Waals surface area contributed by atoms with E-state index in [1.807, 2.05) is 50.2 Å². The molecular weight excluding hydrogens is 336 g/mol. The molecule has 0 aliphatic rings. The van der Waals surface area contributed by atoms with Crippen molar-refractivity contribution in [2.45, 2.75) is 27.3 Å². The number of halogens is 1. The molecule has 2 aromatic carbocycles. The van der Waals surface area contributed by atoms with E-state index in [-0.39, 0.29) is 5.91 Å². The van der Waals surface area contributed by atoms with Gasteiger partial charge in [-0.1, -0.05) is 41.1 Å². The molecule has 6 heteroatoms. The topological polar surface area (TPSA) is 59.8 Å². The number of nitrogens with zero attached hydrogens (tertiary/aromatic N) is 3. The molecule has 1 heterocycles. The van der Waals surface area contributed by atoms with Gasteiger partial charge in [0.2, 0.25) is 0 Å². The van der Waals surface area contributed by atoms with Crippen LogP contribution in [0, 0.1) is 20.8 Å². The van der Waals surface area contributed by atoms with Crippen molar-refractivity contribution in [2.24, 2.45) is 0 Å². The fourth-order valence-corrected chi connectivity index (χ4v) is 2.75. The fraction of sp³-hybridized carbons (Fsp3) is 0.211. The molecule has 0 radical (unpaired) electrons. The standard InChI is InChI=1S/C19H19ClN4O/c1-12-8-9-16(10-13(12)2)24-14(3)18(22-23-24)19(25)21-11-15-6-4-5-7-17(15)20/h4-10H,11H2,1-3H3,(H,21,25). The molecule has 5 nitrogen and oxygen atoms in total. The van der Waals surface area contributed by atoms with Crippen molar-refractivity contribution in [3.05, 3.63) is 75.6 Å². The van der Waals surface area contributed by atoms with Gasteiger partial charge in [0.25, 0.3) is 5.91 Å². The minimum atomic E-state index is -0.271. The molecule has 1 aromatic heterocycles. The molecule has 0 bridgehead atoms. The molecule has 0 saturated heterocycles. The van der Waals surface area contributed by atoms with Crippen molar-refractivity contribution in [1.29, 1.82) is 0 Å². The van der Waals surface area contributed by atoms with Crippen molar-refractivity contribution < 1.29 is 4.79 Å². The lowest BCUT2D eigenvalue weighted by Crippen LogP contribution is -2.24. The molecule has 3 aromatic rings. The van der Waals surface area contributed by atoms with Gasteiger partial charge in [-0.05, 0) is 55.7 Å². The van der Waals surface area contributed by atoms with Gasteiger partial charge >= 0.3 is 0 Å². The molecule has 25 heavy (non-hydrogen) atoms. The van der Waals surface area contributed by atoms with Crippen molar-refractivity contribution in [3.63, 3.8) is 0 Å². The molecule has 0 aliphatic carbocycles. The first-order chi connectivity index (χ1) is 12.0. The largest absolute Gasteiger partial charge is 0.346 e. The molecule has 128 valence electrons. The van der Waals surface area contributed by atoms with E-state index in [4.69, 9.17) is 11.6 Å². The third-order valence-corrected chi connectivity index (χ3v) is 4.61. The lowest BCUT2D eigenvalue weighted by Gasteiger charge is -2.08. The quantitative estimate of drug-likeness (QED) is 0.775. The Hall–Kier alpha value is -2.66. The number of hydrogen-bond donors (Lipinski definition) is 1. The Morgan fingerprint density at radius 2 is 1.88 bits per heavy atom. The number of carbonyl (C=O) groups is 1. The zero-order chi connectivity index (χ0) is 18.0. The summed E-state index contributed by atoms with van der Waals surface area (Å²) in [6, 6.07) is 13.4. The molecule has 1 amide bonds. The smallest absolute Gasteiger partial charge is 0.274 e. The van der Waals surface area contributed by atoms with E-state index in [1.54, 1.807) is 10.7 Å². The first kappa shape index (κ1) is 17.2. The van der Waals surface area contributed by atoms with Crippen LogP contribution in [0.1, 0.15) is 32.9 Å². The highest BCUT2D eigenvalue weighted by atomic mass is 35.5. The third-order valence-electron chi connectivity index (χ3n) is 4.24. The normalized spacial score (nSPS) is 10.7. The summed E-state index contributed by atoms with van der Waals surface area (Å²) >= 11 is 6.11. The predicted octanol–water partition coefficient (Wildman–Crippen LogP) is 3.78. The number of benzene rings is 2. The van der Waals surface area contributed by atoms with Gasteiger partial charge < -0.3 is 5.32 Å². The van der Waals surface area contributed by atoms with Crippen LogP contribution in [0.2, 0.25) is 5.02 Å². The van der Waals surface area contributed by atoms with E-state index in [1.165, 1.54) is 5.56 Å². The summed E-state index contributed by atoms with van der Waals surface area (Å²) in [5, 5.41) is 11.6. The third kappa shape index (κ3) is 3.56. The summed E-state index contributed by atoms with van der Waals surface area (Å²) in [7, 11) is 0. The summed E-state index contributed by atoms with van der Waals surface area (Å²) in [6.07, 6.45) is 0. The Morgan fingerprint density at radius 1 is 1.12 bits per heavy atom. The lowest BCUT2D eigenvalue weighted by molar-refractivity contribution is 0.0945. The van der Waals surface area contributed by atoms with Crippen LogP contribution < -0.4 is 5.32 Å². The predicted molar refractivity (Wildman–Crippen MR) is 98.2 cm³/mol. The van der Waals surface area contributed by atoms with Crippen LogP contribution in [0.4, 0.5) is 0 Å². The first-order valence-electron chi connectivity index (χ1n) is 7.99. The van der Waals surface area contributed by atoms with Gasteiger partial charge in [-0.3, -0.25) is 4.79 Å². The second kappa shape index (κ2) is 7.07. The lowest BCUT2D eigenvalue weighted by atomic mass is 10.1. The minimum absolute atomic E-state index is 0.271. The Morgan fingerprint density at radius 3 is 2.60 bits per heavy atom. The number of hydrogen-bond acceptors (Lipinski definition) is 3. The fourth-order valence-electron chi connectivity index (χ4n) is 2.54. The minimum Gasteiger partial charge on any atom is -0.346 e. The van der Waals surface area contributed by atoms with Crippen molar-refractivity contribution >= 4 is 17.5 Å². The average Bonchev–Trinajstić information content (AvgIpc) is 2.98. The number of nitrogens with one attached hydrogen (secondary N) is 1. The van der Waals surface area contributed by atoms with Crippen LogP contribution in [0.15, 0.2) is 42.5 Å². The van der Waals surface area contributed by atoms with Crippen LogP contribution in [0.5, 0.6) is 0 Å². The summed E-state index contributed by atoms with van der Waals surface area (Å²) in [5.41, 5.74) is 5.12. The molecule has 1 N–H and O–H groups in total. The molecule has 0 aliphatic heterocycles. The maximum atomic E-state index is 12.4. The molecule has 0 saturated carbocycles. The van der Waals surface area contributed by atoms with Gasteiger partial charge in [0.1, 0.15) is 0 Å². The second-order valence-corrected chi connectivity index (χ2v) is 6.39. The summed E-state index contributed by atoms with van der Waals surface area (Å²) < 4.78 is 1.68. The number of aromatic nitrogens is 3. The van der Waals surface area contributed by atoms with Crippen LogP contribution in [-0.2, 0) is 6.54 Å². The van der Waals surface area contributed by atoms with Gasteiger partial charge in [-0.15, -0.1) is 5.10 Å². The maximum absolute atomic E-state index is 12.4. The monoisotopic (exact) mass is 354 g/mol. The Kier molecular flexibility index (Phi) is 4.86. The second-order valence-electron chi connectivity index (χ2n) is 5.98. The summed E-state index contributed by atoms with van der Waals surface area (Å²) in [5.74, 6) is -0.271. The van der Waals surface area contributed by atoms with Crippen LogP contribution in [0.25, 0.3) is 5.69 Å². The average molecular weight is 355 g/mol. The highest BCUT2D eigenvalue weighted by molar-refractivity contribution is 6.31. The van der Waals surface area contributed by atoms with E-state index >= 15 is 0 Å². The number of carbonyl (C=O) groups excluding carboxylic acids is 1. The van der Waals surface area contributed by atoms with E-state index in [0.717, 1.165) is 16.8 Å². The van der Waals surface area contributed by atoms with Crippen molar-refractivity contribution in [1.82, 2.24) is 20.3 Å². The molecule has 3 rings (SSSR count). The zero-order valence-electron chi connectivity index (χ0n) is 14.4. The van der Waals surface area contributed by atoms with E-state index < -0.39 is 0 Å². The van der Waals surface area contributed by atoms with Crippen LogP contribution in [0.3, 0.4) is 0 Å². The van der Waals surface area contributed by atoms with Crippen molar-refractivity contribution in [3.8, 4) is 5.69 Å². The van der Waals surface area contributed by atoms with Gasteiger partial charge in [0.05, 0.1) is 11.4 Å². The van der Waals surface area contributed by atoms with Crippen LogP contribution in [-0.4, -0.2) is 20.9 Å². The summed E-state index contributed by atoms with van der Waals surface area (Å²) in [6.45, 7) is 6.28. The maximum Gasteiger partial charge on any atom is 0.274 e. The summed E-state index contributed by atoms with van der Waals surface area (Å²) in [4.78, 5) is 12.4. The number of amides is 1. The Balaban J connectivity index is 1.79. The van der Waals surface area contributed by atoms with Gasteiger partial charge in [-0.2, -0.15) is 0 Å². The Bertz CT molecular complexity index is 933. The highest BCUT2D eigenvalue weighted by Gasteiger charge is 2.17.